The number of amides is 2. The molecule has 4 rings (SSSR count). The molecule has 0 aliphatic carbocycles. The Kier molecular flexibility index (Phi) is 8.06. The Labute approximate surface area is 214 Å². The fourth-order valence-corrected chi connectivity index (χ4v) is 4.22. The molecule has 1 aliphatic rings. The first-order valence-corrected chi connectivity index (χ1v) is 12.1. The van der Waals surface area contributed by atoms with E-state index in [1.54, 1.807) is 23.2 Å². The van der Waals surface area contributed by atoms with Crippen molar-refractivity contribution in [1.29, 1.82) is 0 Å². The predicted octanol–water partition coefficient (Wildman–Crippen LogP) is 5.64. The molecule has 1 aliphatic heterocycles. The average Bonchev–Trinajstić information content (AvgIpc) is 3.26. The number of hydrogen-bond acceptors (Lipinski definition) is 4. The summed E-state index contributed by atoms with van der Waals surface area (Å²) >= 11 is 12.1. The van der Waals surface area contributed by atoms with Crippen molar-refractivity contribution < 1.29 is 14.3 Å². The largest absolute Gasteiger partial charge is 0.489 e. The number of hydrazone groups is 1. The fourth-order valence-electron chi connectivity index (χ4n) is 3.76. The van der Waals surface area contributed by atoms with Gasteiger partial charge in [0.25, 0.3) is 0 Å². The van der Waals surface area contributed by atoms with Gasteiger partial charge >= 0.3 is 0 Å². The molecule has 0 unspecified atom stereocenters. The number of hydrogen-bond donors (Lipinski definition) is 1. The summed E-state index contributed by atoms with van der Waals surface area (Å²) in [6.07, 6.45) is 2.65. The number of aryl methyl sites for hydroxylation is 1. The lowest BCUT2D eigenvalue weighted by Gasteiger charge is -2.16. The van der Waals surface area contributed by atoms with E-state index in [4.69, 9.17) is 27.9 Å². The zero-order valence-electron chi connectivity index (χ0n) is 19.2. The highest BCUT2D eigenvalue weighted by Gasteiger charge is 2.35. The lowest BCUT2D eigenvalue weighted by Crippen LogP contribution is -2.30. The van der Waals surface area contributed by atoms with Crippen LogP contribution in [-0.2, 0) is 22.6 Å². The van der Waals surface area contributed by atoms with E-state index in [2.05, 4.69) is 17.5 Å². The number of ether oxygens (including phenoxy) is 1. The summed E-state index contributed by atoms with van der Waals surface area (Å²) in [4.78, 5) is 26.6. The third kappa shape index (κ3) is 6.41. The lowest BCUT2D eigenvalue weighted by atomic mass is 10.1. The molecular weight excluding hydrogens is 485 g/mol. The van der Waals surface area contributed by atoms with Gasteiger partial charge in [0.1, 0.15) is 12.4 Å². The summed E-state index contributed by atoms with van der Waals surface area (Å²) in [6, 6.07) is 20.4. The quantitative estimate of drug-likeness (QED) is 0.315. The number of rotatable bonds is 8. The molecule has 1 atom stereocenters. The van der Waals surface area contributed by atoms with Gasteiger partial charge in [-0.25, -0.2) is 5.43 Å². The average molecular weight is 510 g/mol. The number of halogens is 2. The highest BCUT2D eigenvalue weighted by atomic mass is 35.5. The second-order valence-corrected chi connectivity index (χ2v) is 9.10. The number of carbonyl (C=O) groups is 2. The van der Waals surface area contributed by atoms with Gasteiger partial charge in [-0.2, -0.15) is 5.10 Å². The van der Waals surface area contributed by atoms with Crippen molar-refractivity contribution in [3.8, 4) is 5.75 Å². The van der Waals surface area contributed by atoms with Crippen molar-refractivity contribution in [3.63, 3.8) is 0 Å². The Morgan fingerprint density at radius 2 is 1.86 bits per heavy atom. The highest BCUT2D eigenvalue weighted by molar-refractivity contribution is 6.35. The van der Waals surface area contributed by atoms with E-state index in [9.17, 15) is 9.59 Å². The van der Waals surface area contributed by atoms with Crippen LogP contribution in [0.3, 0.4) is 0 Å². The molecular formula is C27H25Cl2N3O3. The minimum Gasteiger partial charge on any atom is -0.489 e. The summed E-state index contributed by atoms with van der Waals surface area (Å²) in [6.45, 7) is 2.74. The first-order chi connectivity index (χ1) is 16.9. The van der Waals surface area contributed by atoms with Crippen molar-refractivity contribution >= 4 is 46.9 Å². The zero-order valence-corrected chi connectivity index (χ0v) is 20.7. The van der Waals surface area contributed by atoms with Crippen molar-refractivity contribution in [2.45, 2.75) is 26.4 Å². The van der Waals surface area contributed by atoms with Crippen LogP contribution in [0.25, 0.3) is 0 Å². The maximum atomic E-state index is 12.5. The lowest BCUT2D eigenvalue weighted by molar-refractivity contribution is -0.126. The van der Waals surface area contributed by atoms with E-state index >= 15 is 0 Å². The standard InChI is InChI=1S/C27H25Cl2N3O3/c1-2-18-3-9-23(10-4-18)32-16-21(13-26(32)33)27(34)31-30-15-19-5-11-24(12-6-19)35-17-20-7-8-22(28)14-25(20)29/h3-12,14-15,21H,2,13,16-17H2,1H3,(H,31,34)/b30-15+/t21-/m1/s1. The van der Waals surface area contributed by atoms with Crippen LogP contribution in [0.2, 0.25) is 10.0 Å². The van der Waals surface area contributed by atoms with E-state index in [0.29, 0.717) is 28.9 Å². The molecule has 0 saturated carbocycles. The van der Waals surface area contributed by atoms with Crippen LogP contribution in [0.5, 0.6) is 5.75 Å². The molecule has 1 heterocycles. The van der Waals surface area contributed by atoms with Crippen molar-refractivity contribution in [1.82, 2.24) is 5.43 Å². The van der Waals surface area contributed by atoms with Gasteiger partial charge < -0.3 is 9.64 Å². The molecule has 0 bridgehead atoms. The number of nitrogens with one attached hydrogen (secondary N) is 1. The minimum atomic E-state index is -0.444. The first-order valence-electron chi connectivity index (χ1n) is 11.3. The summed E-state index contributed by atoms with van der Waals surface area (Å²) in [5, 5.41) is 5.18. The zero-order chi connectivity index (χ0) is 24.8. The van der Waals surface area contributed by atoms with Gasteiger partial charge in [-0.15, -0.1) is 0 Å². The fraction of sp³-hybridized carbons (Fsp3) is 0.222. The van der Waals surface area contributed by atoms with Crippen LogP contribution in [0.1, 0.15) is 30.0 Å². The van der Waals surface area contributed by atoms with Gasteiger partial charge in [-0.1, -0.05) is 48.3 Å². The van der Waals surface area contributed by atoms with Crippen LogP contribution in [0, 0.1) is 5.92 Å². The van der Waals surface area contributed by atoms with E-state index in [-0.39, 0.29) is 18.2 Å². The Morgan fingerprint density at radius 3 is 2.54 bits per heavy atom. The molecule has 6 nitrogen and oxygen atoms in total. The summed E-state index contributed by atoms with van der Waals surface area (Å²) in [5.41, 5.74) is 6.20. The third-order valence-corrected chi connectivity index (χ3v) is 6.42. The number of benzene rings is 3. The SMILES string of the molecule is CCc1ccc(N2C[C@H](C(=O)N/N=C/c3ccc(OCc4ccc(Cl)cc4Cl)cc3)CC2=O)cc1. The maximum Gasteiger partial charge on any atom is 0.245 e. The first kappa shape index (κ1) is 24.8. The van der Waals surface area contributed by atoms with E-state index in [1.165, 1.54) is 5.56 Å². The van der Waals surface area contributed by atoms with Crippen LogP contribution in [0.4, 0.5) is 5.69 Å². The molecule has 1 N–H and O–H groups in total. The second kappa shape index (κ2) is 11.4. The number of anilines is 1. The predicted molar refractivity (Wildman–Crippen MR) is 139 cm³/mol. The summed E-state index contributed by atoms with van der Waals surface area (Å²) < 4.78 is 5.77. The van der Waals surface area contributed by atoms with Gasteiger partial charge in [0, 0.05) is 34.3 Å². The number of carbonyl (C=O) groups excluding carboxylic acids is 2. The molecule has 1 fully saturated rings. The van der Waals surface area contributed by atoms with Gasteiger partial charge in [0.2, 0.25) is 11.8 Å². The Hall–Kier alpha value is -3.35. The Balaban J connectivity index is 1.27. The molecule has 3 aromatic rings. The van der Waals surface area contributed by atoms with Crippen LogP contribution >= 0.6 is 23.2 Å². The molecule has 180 valence electrons. The van der Waals surface area contributed by atoms with Gasteiger partial charge in [-0.3, -0.25) is 9.59 Å². The number of nitrogens with zero attached hydrogens (tertiary/aromatic N) is 2. The molecule has 0 radical (unpaired) electrons. The smallest absolute Gasteiger partial charge is 0.245 e. The third-order valence-electron chi connectivity index (χ3n) is 5.83. The molecule has 35 heavy (non-hydrogen) atoms. The topological polar surface area (TPSA) is 71.0 Å². The van der Waals surface area contributed by atoms with Crippen molar-refractivity contribution in [2.75, 3.05) is 11.4 Å². The van der Waals surface area contributed by atoms with Gasteiger partial charge in [0.15, 0.2) is 0 Å². The molecule has 0 aromatic heterocycles. The van der Waals surface area contributed by atoms with E-state index in [1.807, 2.05) is 54.6 Å². The molecule has 8 heteroatoms. The Morgan fingerprint density at radius 1 is 1.11 bits per heavy atom. The van der Waals surface area contributed by atoms with E-state index < -0.39 is 5.92 Å². The van der Waals surface area contributed by atoms with Crippen molar-refractivity contribution in [2.24, 2.45) is 11.0 Å². The monoisotopic (exact) mass is 509 g/mol. The van der Waals surface area contributed by atoms with E-state index in [0.717, 1.165) is 23.2 Å². The van der Waals surface area contributed by atoms with Crippen LogP contribution in [0.15, 0.2) is 71.8 Å². The van der Waals surface area contributed by atoms with Gasteiger partial charge in [-0.05, 0) is 66.1 Å². The summed E-state index contributed by atoms with van der Waals surface area (Å²) in [7, 11) is 0. The van der Waals surface area contributed by atoms with Crippen LogP contribution in [-0.4, -0.2) is 24.6 Å². The second-order valence-electron chi connectivity index (χ2n) is 8.25. The summed E-state index contributed by atoms with van der Waals surface area (Å²) in [5.74, 6) is -0.106. The molecule has 3 aromatic carbocycles. The normalized spacial score (nSPS) is 15.6. The maximum absolute atomic E-state index is 12.5. The molecule has 1 saturated heterocycles. The molecule has 2 amide bonds. The van der Waals surface area contributed by atoms with Crippen molar-refractivity contribution in [3.05, 3.63) is 93.5 Å². The minimum absolute atomic E-state index is 0.0612. The van der Waals surface area contributed by atoms with Crippen LogP contribution < -0.4 is 15.1 Å². The molecule has 0 spiro atoms. The van der Waals surface area contributed by atoms with Gasteiger partial charge in [0.05, 0.1) is 12.1 Å². The Bertz CT molecular complexity index is 1230. The highest BCUT2D eigenvalue weighted by Crippen LogP contribution is 2.26.